The Morgan fingerprint density at radius 2 is 2.14 bits per heavy atom. The molecule has 5 nitrogen and oxygen atoms in total. The van der Waals surface area contributed by atoms with E-state index in [1.807, 2.05) is 0 Å². The number of hydrogen-bond donors (Lipinski definition) is 2. The first-order valence-electron chi connectivity index (χ1n) is 4.63. The van der Waals surface area contributed by atoms with Crippen molar-refractivity contribution in [3.63, 3.8) is 0 Å². The maximum absolute atomic E-state index is 11.4. The average Bonchev–Trinajstić information content (AvgIpc) is 1.96. The van der Waals surface area contributed by atoms with Crippen molar-refractivity contribution < 1.29 is 18.3 Å². The molecule has 0 unspecified atom stereocenters. The number of hydrogen-bond acceptors (Lipinski definition) is 3. The van der Waals surface area contributed by atoms with E-state index in [1.165, 1.54) is 6.92 Å². The van der Waals surface area contributed by atoms with Gasteiger partial charge in [-0.25, -0.2) is 13.1 Å². The lowest BCUT2D eigenvalue weighted by atomic mass is 9.87. The van der Waals surface area contributed by atoms with E-state index in [0.717, 1.165) is 19.3 Å². The number of aliphatic carboxylic acids is 1. The Morgan fingerprint density at radius 3 is 2.50 bits per heavy atom. The standard InChI is InChI=1S/C8H15NO4S/c1-6(8(10)11)9-14(12,13)5-7-3-2-4-7/h6-7,9H,2-5H2,1H3,(H,10,11)/t6-/m1/s1. The average molecular weight is 221 g/mol. The molecule has 0 radical (unpaired) electrons. The number of carboxylic acids is 1. The smallest absolute Gasteiger partial charge is 0.321 e. The van der Waals surface area contributed by atoms with Gasteiger partial charge in [0.2, 0.25) is 10.0 Å². The summed E-state index contributed by atoms with van der Waals surface area (Å²) in [5.74, 6) is -0.874. The molecule has 1 aliphatic rings. The number of sulfonamides is 1. The van der Waals surface area contributed by atoms with E-state index in [-0.39, 0.29) is 11.7 Å². The van der Waals surface area contributed by atoms with Gasteiger partial charge in [0, 0.05) is 0 Å². The Kier molecular flexibility index (Phi) is 3.49. The molecule has 82 valence electrons. The van der Waals surface area contributed by atoms with Crippen molar-refractivity contribution >= 4 is 16.0 Å². The first-order valence-corrected chi connectivity index (χ1v) is 6.29. The molecule has 6 heteroatoms. The zero-order valence-corrected chi connectivity index (χ0v) is 8.88. The summed E-state index contributed by atoms with van der Waals surface area (Å²) in [4.78, 5) is 10.4. The van der Waals surface area contributed by atoms with Gasteiger partial charge in [-0.2, -0.15) is 0 Å². The molecule has 14 heavy (non-hydrogen) atoms. The highest BCUT2D eigenvalue weighted by molar-refractivity contribution is 7.89. The summed E-state index contributed by atoms with van der Waals surface area (Å²) in [5, 5.41) is 8.52. The fourth-order valence-corrected chi connectivity index (χ4v) is 3.03. The van der Waals surface area contributed by atoms with Crippen LogP contribution in [0.15, 0.2) is 0 Å². The summed E-state index contributed by atoms with van der Waals surface area (Å²) >= 11 is 0. The van der Waals surface area contributed by atoms with Crippen LogP contribution in [0.3, 0.4) is 0 Å². The van der Waals surface area contributed by atoms with Gasteiger partial charge in [0.05, 0.1) is 5.75 Å². The highest BCUT2D eigenvalue weighted by Gasteiger charge is 2.26. The molecule has 0 heterocycles. The van der Waals surface area contributed by atoms with Gasteiger partial charge < -0.3 is 5.11 Å². The molecular weight excluding hydrogens is 206 g/mol. The van der Waals surface area contributed by atoms with Crippen LogP contribution in [0, 0.1) is 5.92 Å². The SMILES string of the molecule is C[C@@H](NS(=O)(=O)CC1CCC1)C(=O)O. The molecule has 0 bridgehead atoms. The molecule has 0 amide bonds. The van der Waals surface area contributed by atoms with E-state index >= 15 is 0 Å². The molecule has 0 spiro atoms. The number of carboxylic acid groups (broad SMARTS) is 1. The Labute approximate surface area is 83.6 Å². The maximum Gasteiger partial charge on any atom is 0.321 e. The number of rotatable bonds is 5. The monoisotopic (exact) mass is 221 g/mol. The lowest BCUT2D eigenvalue weighted by molar-refractivity contribution is -0.138. The Hall–Kier alpha value is -0.620. The lowest BCUT2D eigenvalue weighted by Crippen LogP contribution is -2.41. The Morgan fingerprint density at radius 1 is 1.57 bits per heavy atom. The van der Waals surface area contributed by atoms with Crippen molar-refractivity contribution in [1.82, 2.24) is 4.72 Å². The lowest BCUT2D eigenvalue weighted by Gasteiger charge is -2.25. The number of nitrogens with one attached hydrogen (secondary N) is 1. The van der Waals surface area contributed by atoms with Crippen molar-refractivity contribution in [3.05, 3.63) is 0 Å². The van der Waals surface area contributed by atoms with Gasteiger partial charge in [-0.3, -0.25) is 4.79 Å². The summed E-state index contributed by atoms with van der Waals surface area (Å²) in [6.45, 7) is 1.32. The zero-order chi connectivity index (χ0) is 10.8. The van der Waals surface area contributed by atoms with Crippen LogP contribution in [-0.4, -0.2) is 31.3 Å². The van der Waals surface area contributed by atoms with E-state index in [0.29, 0.717) is 0 Å². The molecule has 0 aromatic carbocycles. The van der Waals surface area contributed by atoms with E-state index < -0.39 is 22.0 Å². The highest BCUT2D eigenvalue weighted by Crippen LogP contribution is 2.27. The van der Waals surface area contributed by atoms with E-state index in [9.17, 15) is 13.2 Å². The summed E-state index contributed by atoms with van der Waals surface area (Å²) in [5.41, 5.74) is 0. The molecule has 0 saturated heterocycles. The van der Waals surface area contributed by atoms with E-state index in [1.54, 1.807) is 0 Å². The van der Waals surface area contributed by atoms with Crippen LogP contribution in [0.5, 0.6) is 0 Å². The molecule has 0 aromatic heterocycles. The van der Waals surface area contributed by atoms with E-state index in [4.69, 9.17) is 5.11 Å². The largest absolute Gasteiger partial charge is 0.480 e. The van der Waals surface area contributed by atoms with Crippen LogP contribution in [-0.2, 0) is 14.8 Å². The van der Waals surface area contributed by atoms with Crippen LogP contribution in [0.1, 0.15) is 26.2 Å². The van der Waals surface area contributed by atoms with Crippen LogP contribution in [0.25, 0.3) is 0 Å². The number of carbonyl (C=O) groups is 1. The molecule has 1 saturated carbocycles. The van der Waals surface area contributed by atoms with Crippen molar-refractivity contribution in [2.24, 2.45) is 5.92 Å². The molecule has 0 aliphatic heterocycles. The third-order valence-corrected chi connectivity index (χ3v) is 4.03. The maximum atomic E-state index is 11.4. The quantitative estimate of drug-likeness (QED) is 0.693. The first-order chi connectivity index (χ1) is 6.41. The van der Waals surface area contributed by atoms with Gasteiger partial charge in [0.1, 0.15) is 6.04 Å². The fourth-order valence-electron chi connectivity index (χ4n) is 1.34. The first kappa shape index (κ1) is 11.5. The predicted octanol–water partition coefficient (Wildman–Crippen LogP) is 0.179. The normalized spacial score (nSPS) is 20.1. The van der Waals surface area contributed by atoms with Crippen LogP contribution >= 0.6 is 0 Å². The highest BCUT2D eigenvalue weighted by atomic mass is 32.2. The van der Waals surface area contributed by atoms with Gasteiger partial charge in [-0.15, -0.1) is 0 Å². The Balaban J connectivity index is 2.44. The molecular formula is C8H15NO4S. The minimum atomic E-state index is -3.42. The van der Waals surface area contributed by atoms with Gasteiger partial charge in [0.15, 0.2) is 0 Å². The van der Waals surface area contributed by atoms with Crippen LogP contribution in [0.2, 0.25) is 0 Å². The summed E-state index contributed by atoms with van der Waals surface area (Å²) in [6.07, 6.45) is 2.94. The topological polar surface area (TPSA) is 83.5 Å². The molecule has 1 fully saturated rings. The molecule has 2 N–H and O–H groups in total. The summed E-state index contributed by atoms with van der Waals surface area (Å²) < 4.78 is 24.9. The zero-order valence-electron chi connectivity index (χ0n) is 8.06. The second kappa shape index (κ2) is 4.27. The third kappa shape index (κ3) is 3.26. The van der Waals surface area contributed by atoms with Gasteiger partial charge in [-0.1, -0.05) is 6.42 Å². The predicted molar refractivity (Wildman–Crippen MR) is 51.4 cm³/mol. The van der Waals surface area contributed by atoms with Gasteiger partial charge in [-0.05, 0) is 25.7 Å². The third-order valence-electron chi connectivity index (χ3n) is 2.41. The van der Waals surface area contributed by atoms with Crippen molar-refractivity contribution in [2.45, 2.75) is 32.2 Å². The van der Waals surface area contributed by atoms with Crippen molar-refractivity contribution in [1.29, 1.82) is 0 Å². The van der Waals surface area contributed by atoms with Crippen LogP contribution in [0.4, 0.5) is 0 Å². The second-order valence-corrected chi connectivity index (χ2v) is 5.55. The van der Waals surface area contributed by atoms with Gasteiger partial charge >= 0.3 is 5.97 Å². The van der Waals surface area contributed by atoms with E-state index in [2.05, 4.69) is 4.72 Å². The fraction of sp³-hybridized carbons (Fsp3) is 0.875. The van der Waals surface area contributed by atoms with Gasteiger partial charge in [0.25, 0.3) is 0 Å². The van der Waals surface area contributed by atoms with Crippen molar-refractivity contribution in [2.75, 3.05) is 5.75 Å². The molecule has 1 atom stereocenters. The van der Waals surface area contributed by atoms with Crippen LogP contribution < -0.4 is 4.72 Å². The minimum Gasteiger partial charge on any atom is -0.480 e. The van der Waals surface area contributed by atoms with Crippen molar-refractivity contribution in [3.8, 4) is 0 Å². The molecule has 1 rings (SSSR count). The second-order valence-electron chi connectivity index (χ2n) is 3.76. The Bertz CT molecular complexity index is 307. The summed E-state index contributed by atoms with van der Waals surface area (Å²) in [7, 11) is -3.42. The molecule has 1 aliphatic carbocycles. The molecule has 0 aromatic rings. The minimum absolute atomic E-state index is 0.0601. The summed E-state index contributed by atoms with van der Waals surface area (Å²) in [6, 6.07) is -1.04.